The van der Waals surface area contributed by atoms with E-state index < -0.39 is 34.1 Å². The number of alkyl halides is 1. The summed E-state index contributed by atoms with van der Waals surface area (Å²) in [4.78, 5) is 24.5. The van der Waals surface area contributed by atoms with Gasteiger partial charge in [-0.25, -0.2) is 9.59 Å². The van der Waals surface area contributed by atoms with Crippen molar-refractivity contribution in [1.82, 2.24) is 0 Å². The lowest BCUT2D eigenvalue weighted by Gasteiger charge is -2.45. The number of carbonyl (C=O) groups excluding carboxylic acids is 2. The van der Waals surface area contributed by atoms with Crippen molar-refractivity contribution < 1.29 is 28.5 Å². The molecular formula is C15H17BrO6. The Morgan fingerprint density at radius 2 is 1.82 bits per heavy atom. The quantitative estimate of drug-likeness (QED) is 0.415. The van der Waals surface area contributed by atoms with Gasteiger partial charge >= 0.3 is 11.9 Å². The van der Waals surface area contributed by atoms with Gasteiger partial charge in [-0.2, -0.15) is 0 Å². The van der Waals surface area contributed by atoms with Crippen LogP contribution in [0.3, 0.4) is 0 Å². The molecule has 0 aromatic carbocycles. The molecule has 2 bridgehead atoms. The highest BCUT2D eigenvalue weighted by atomic mass is 79.9. The summed E-state index contributed by atoms with van der Waals surface area (Å²) in [5.74, 6) is -2.36. The second-order valence-electron chi connectivity index (χ2n) is 5.95. The highest BCUT2D eigenvalue weighted by molar-refractivity contribution is 9.10. The fraction of sp³-hybridized carbons (Fsp3) is 0.600. The van der Waals surface area contributed by atoms with E-state index in [1.165, 1.54) is 14.2 Å². The summed E-state index contributed by atoms with van der Waals surface area (Å²) >= 11 is 3.58. The zero-order valence-corrected chi connectivity index (χ0v) is 14.3. The molecule has 1 heterocycles. The molecule has 4 aliphatic rings. The van der Waals surface area contributed by atoms with Crippen molar-refractivity contribution in [3.63, 3.8) is 0 Å². The van der Waals surface area contributed by atoms with E-state index in [0.717, 1.165) is 0 Å². The fourth-order valence-corrected chi connectivity index (χ4v) is 4.28. The maximum atomic E-state index is 12.3. The van der Waals surface area contributed by atoms with Crippen LogP contribution in [0.5, 0.6) is 0 Å². The van der Waals surface area contributed by atoms with Crippen LogP contribution in [0.15, 0.2) is 23.3 Å². The van der Waals surface area contributed by atoms with Gasteiger partial charge in [-0.1, -0.05) is 28.1 Å². The summed E-state index contributed by atoms with van der Waals surface area (Å²) in [6.07, 6.45) is 2.86. The summed E-state index contributed by atoms with van der Waals surface area (Å²) < 4.78 is 20.7. The van der Waals surface area contributed by atoms with Crippen LogP contribution in [0.4, 0.5) is 0 Å². The Labute approximate surface area is 136 Å². The molecule has 0 amide bonds. The summed E-state index contributed by atoms with van der Waals surface area (Å²) in [6.45, 7) is 3.60. The van der Waals surface area contributed by atoms with Gasteiger partial charge in [0, 0.05) is 5.92 Å². The van der Waals surface area contributed by atoms with Crippen molar-refractivity contribution in [1.29, 1.82) is 0 Å². The maximum absolute atomic E-state index is 12.3. The largest absolute Gasteiger partial charge is 0.466 e. The first kappa shape index (κ1) is 15.7. The molecule has 0 N–H and O–H groups in total. The number of hydrogen-bond acceptors (Lipinski definition) is 6. The van der Waals surface area contributed by atoms with Crippen LogP contribution in [-0.2, 0) is 28.5 Å². The van der Waals surface area contributed by atoms with Crippen molar-refractivity contribution >= 4 is 27.9 Å². The van der Waals surface area contributed by atoms with Gasteiger partial charge in [0.15, 0.2) is 5.79 Å². The van der Waals surface area contributed by atoms with E-state index in [4.69, 9.17) is 18.9 Å². The van der Waals surface area contributed by atoms with Crippen molar-refractivity contribution in [3.8, 4) is 0 Å². The monoisotopic (exact) mass is 372 g/mol. The second kappa shape index (κ2) is 4.91. The summed E-state index contributed by atoms with van der Waals surface area (Å²) in [5.41, 5.74) is 0.480. The van der Waals surface area contributed by atoms with Crippen molar-refractivity contribution in [3.05, 3.63) is 23.3 Å². The Morgan fingerprint density at radius 1 is 1.18 bits per heavy atom. The van der Waals surface area contributed by atoms with Gasteiger partial charge in [0.1, 0.15) is 10.4 Å². The molecule has 2 unspecified atom stereocenters. The van der Waals surface area contributed by atoms with E-state index in [-0.39, 0.29) is 17.3 Å². The van der Waals surface area contributed by atoms with E-state index in [2.05, 4.69) is 15.9 Å². The second-order valence-corrected chi connectivity index (χ2v) is 7.26. The number of methoxy groups -OCH3 is 2. The fourth-order valence-electron chi connectivity index (χ4n) is 3.40. The average molecular weight is 373 g/mol. The standard InChI is InChI=1S/C15H17BrO6/c1-14(2)21-10-7-5-6-15(16,11(10)22-14)9(13(18)20-4)8(7)12(17)19-3/h5-7,10-11H,1-4H3/t7?,10-,11-,15?/m1/s1. The summed E-state index contributed by atoms with van der Waals surface area (Å²) in [6, 6.07) is 0. The molecule has 3 aliphatic carbocycles. The minimum atomic E-state index is -0.975. The summed E-state index contributed by atoms with van der Waals surface area (Å²) in [5, 5.41) is 0. The van der Waals surface area contributed by atoms with Crippen LogP contribution in [0.1, 0.15) is 13.8 Å². The van der Waals surface area contributed by atoms with E-state index in [1.54, 1.807) is 13.8 Å². The van der Waals surface area contributed by atoms with E-state index in [0.29, 0.717) is 0 Å². The first-order chi connectivity index (χ1) is 10.2. The first-order valence-electron chi connectivity index (χ1n) is 6.90. The average Bonchev–Trinajstić information content (AvgIpc) is 2.82. The molecule has 6 nitrogen and oxygen atoms in total. The van der Waals surface area contributed by atoms with Crippen LogP contribution in [-0.4, -0.2) is 48.5 Å². The van der Waals surface area contributed by atoms with Gasteiger partial charge in [-0.3, -0.25) is 0 Å². The van der Waals surface area contributed by atoms with E-state index in [1.807, 2.05) is 12.2 Å². The summed E-state index contributed by atoms with van der Waals surface area (Å²) in [7, 11) is 2.56. The van der Waals surface area contributed by atoms with Crippen molar-refractivity contribution in [2.45, 2.75) is 36.2 Å². The first-order valence-corrected chi connectivity index (χ1v) is 7.69. The Bertz CT molecular complexity index is 607. The van der Waals surface area contributed by atoms with Gasteiger partial charge in [0.05, 0.1) is 31.5 Å². The Hall–Kier alpha value is -1.18. The van der Waals surface area contributed by atoms with Gasteiger partial charge in [0.2, 0.25) is 0 Å². The molecule has 120 valence electrons. The number of ether oxygens (including phenoxy) is 4. The molecule has 0 aromatic heterocycles. The third kappa shape index (κ3) is 1.99. The predicted octanol–water partition coefficient (Wildman–Crippen LogP) is 1.48. The van der Waals surface area contributed by atoms with Gasteiger partial charge in [-0.05, 0) is 13.8 Å². The van der Waals surface area contributed by atoms with Crippen LogP contribution < -0.4 is 0 Å². The van der Waals surface area contributed by atoms with Gasteiger partial charge in [0.25, 0.3) is 0 Å². The zero-order valence-electron chi connectivity index (χ0n) is 12.7. The Balaban J connectivity index is 2.18. The molecule has 0 radical (unpaired) electrons. The molecule has 1 saturated heterocycles. The lowest BCUT2D eigenvalue weighted by molar-refractivity contribution is -0.149. The molecule has 4 rings (SSSR count). The topological polar surface area (TPSA) is 71.1 Å². The number of halogens is 1. The molecule has 4 atom stereocenters. The van der Waals surface area contributed by atoms with E-state index >= 15 is 0 Å². The number of rotatable bonds is 2. The third-order valence-electron chi connectivity index (χ3n) is 4.22. The number of carbonyl (C=O) groups is 2. The molecule has 22 heavy (non-hydrogen) atoms. The maximum Gasteiger partial charge on any atom is 0.336 e. The molecule has 1 fully saturated rings. The van der Waals surface area contributed by atoms with Crippen LogP contribution >= 0.6 is 15.9 Å². The molecule has 0 spiro atoms. The molecule has 1 aliphatic heterocycles. The number of esters is 2. The number of hydrogen-bond donors (Lipinski definition) is 0. The Kier molecular flexibility index (Phi) is 3.50. The van der Waals surface area contributed by atoms with Gasteiger partial charge < -0.3 is 18.9 Å². The molecular weight excluding hydrogens is 356 g/mol. The Morgan fingerprint density at radius 3 is 2.41 bits per heavy atom. The van der Waals surface area contributed by atoms with Gasteiger partial charge in [-0.15, -0.1) is 0 Å². The SMILES string of the molecule is COC(=O)C1=C(C(=O)OC)C2(Br)C=CC1[C@H]1OC(C)(C)O[C@H]12. The zero-order chi connectivity index (χ0) is 16.3. The van der Waals surface area contributed by atoms with Crippen LogP contribution in [0.2, 0.25) is 0 Å². The molecule has 0 saturated carbocycles. The predicted molar refractivity (Wildman–Crippen MR) is 79.2 cm³/mol. The minimum Gasteiger partial charge on any atom is -0.466 e. The molecule has 0 aromatic rings. The molecule has 7 heteroatoms. The van der Waals surface area contributed by atoms with Crippen LogP contribution in [0, 0.1) is 5.92 Å². The van der Waals surface area contributed by atoms with Crippen LogP contribution in [0.25, 0.3) is 0 Å². The smallest absolute Gasteiger partial charge is 0.336 e. The van der Waals surface area contributed by atoms with Crippen molar-refractivity contribution in [2.75, 3.05) is 14.2 Å². The highest BCUT2D eigenvalue weighted by Crippen LogP contribution is 2.55. The van der Waals surface area contributed by atoms with Crippen molar-refractivity contribution in [2.24, 2.45) is 5.92 Å². The van der Waals surface area contributed by atoms with E-state index in [9.17, 15) is 9.59 Å². The lowest BCUT2D eigenvalue weighted by Crippen LogP contribution is -2.56. The minimum absolute atomic E-state index is 0.219. The third-order valence-corrected chi connectivity index (χ3v) is 5.34. The normalized spacial score (nSPS) is 38.0. The lowest BCUT2D eigenvalue weighted by atomic mass is 9.68. The highest BCUT2D eigenvalue weighted by Gasteiger charge is 2.63.